The number of carbonyl (C=O) groups is 1. The van der Waals surface area contributed by atoms with Crippen LogP contribution in [0.15, 0.2) is 54.9 Å². The van der Waals surface area contributed by atoms with E-state index in [4.69, 9.17) is 0 Å². The van der Waals surface area contributed by atoms with Crippen LogP contribution in [-0.2, 0) is 0 Å². The Morgan fingerprint density at radius 2 is 2.00 bits per heavy atom. The van der Waals surface area contributed by atoms with Gasteiger partial charge in [-0.25, -0.2) is 9.31 Å². The van der Waals surface area contributed by atoms with Gasteiger partial charge in [-0.3, -0.25) is 0 Å². The topological polar surface area (TPSA) is 61.7 Å². The first-order valence-electron chi connectivity index (χ1n) is 9.00. The van der Waals surface area contributed by atoms with Gasteiger partial charge in [0, 0.05) is 31.0 Å². The van der Waals surface area contributed by atoms with E-state index < -0.39 is 0 Å². The summed E-state index contributed by atoms with van der Waals surface area (Å²) >= 11 is 0. The summed E-state index contributed by atoms with van der Waals surface area (Å²) in [5, 5.41) is 10.8. The molecule has 3 aromatic rings. The highest BCUT2D eigenvalue weighted by molar-refractivity contribution is 5.93. The van der Waals surface area contributed by atoms with Crippen LogP contribution in [0.1, 0.15) is 18.4 Å². The summed E-state index contributed by atoms with van der Waals surface area (Å²) in [7, 11) is 0. The molecule has 26 heavy (non-hydrogen) atoms. The fourth-order valence-corrected chi connectivity index (χ4v) is 3.42. The lowest BCUT2D eigenvalue weighted by atomic mass is 10.0. The van der Waals surface area contributed by atoms with Crippen molar-refractivity contribution in [1.29, 1.82) is 0 Å². The normalized spacial score (nSPS) is 15.2. The van der Waals surface area contributed by atoms with E-state index in [1.165, 1.54) is 5.56 Å². The minimum absolute atomic E-state index is 0.0576. The molecule has 0 saturated carbocycles. The second-order valence-corrected chi connectivity index (χ2v) is 6.79. The molecule has 0 aliphatic carbocycles. The smallest absolute Gasteiger partial charge is 0.321 e. The highest BCUT2D eigenvalue weighted by Gasteiger charge is 2.23. The summed E-state index contributed by atoms with van der Waals surface area (Å²) in [5.41, 5.74) is 4.05. The predicted octanol–water partition coefficient (Wildman–Crippen LogP) is 3.75. The number of piperidine rings is 1. The molecule has 0 bridgehead atoms. The SMILES string of the molecule is Cc1cccc(NC2CCN(C(=O)Nc3cnn4ccccc34)CC2)c1. The molecule has 134 valence electrons. The number of likely N-dealkylation sites (tertiary alicyclic amines) is 1. The van der Waals surface area contributed by atoms with Crippen LogP contribution in [0.2, 0.25) is 0 Å². The fourth-order valence-electron chi connectivity index (χ4n) is 3.42. The Balaban J connectivity index is 1.33. The molecular weight excluding hydrogens is 326 g/mol. The Hall–Kier alpha value is -3.02. The number of urea groups is 1. The maximum absolute atomic E-state index is 12.6. The van der Waals surface area contributed by atoms with Crippen LogP contribution in [0, 0.1) is 6.92 Å². The molecular formula is C20H23N5O. The van der Waals surface area contributed by atoms with Crippen LogP contribution in [0.3, 0.4) is 0 Å². The number of amides is 2. The number of nitrogens with zero attached hydrogens (tertiary/aromatic N) is 3. The molecule has 6 nitrogen and oxygen atoms in total. The molecule has 0 radical (unpaired) electrons. The average molecular weight is 349 g/mol. The van der Waals surface area contributed by atoms with Crippen LogP contribution >= 0.6 is 0 Å². The van der Waals surface area contributed by atoms with Gasteiger partial charge in [0.1, 0.15) is 0 Å². The van der Waals surface area contributed by atoms with Crippen LogP contribution in [0.4, 0.5) is 16.2 Å². The van der Waals surface area contributed by atoms with Crippen molar-refractivity contribution in [3.63, 3.8) is 0 Å². The second-order valence-electron chi connectivity index (χ2n) is 6.79. The monoisotopic (exact) mass is 349 g/mol. The third kappa shape index (κ3) is 3.49. The van der Waals surface area contributed by atoms with Gasteiger partial charge in [0.15, 0.2) is 0 Å². The molecule has 4 rings (SSSR count). The van der Waals surface area contributed by atoms with Gasteiger partial charge in [-0.05, 0) is 49.6 Å². The van der Waals surface area contributed by atoms with Gasteiger partial charge in [0.25, 0.3) is 0 Å². The largest absolute Gasteiger partial charge is 0.382 e. The number of rotatable bonds is 3. The zero-order valence-corrected chi connectivity index (χ0v) is 14.9. The molecule has 0 atom stereocenters. The molecule has 3 heterocycles. The Kier molecular flexibility index (Phi) is 4.48. The molecule has 1 aliphatic heterocycles. The number of fused-ring (bicyclic) bond motifs is 1. The zero-order valence-electron chi connectivity index (χ0n) is 14.9. The summed E-state index contributed by atoms with van der Waals surface area (Å²) in [6.07, 6.45) is 5.44. The number of carbonyl (C=O) groups excluding carboxylic acids is 1. The molecule has 1 aliphatic rings. The van der Waals surface area contributed by atoms with E-state index in [0.717, 1.165) is 42.8 Å². The Morgan fingerprint density at radius 3 is 2.81 bits per heavy atom. The number of anilines is 2. The molecule has 2 aromatic heterocycles. The van der Waals surface area contributed by atoms with E-state index in [2.05, 4.69) is 46.9 Å². The predicted molar refractivity (Wildman–Crippen MR) is 104 cm³/mol. The van der Waals surface area contributed by atoms with Gasteiger partial charge in [0.05, 0.1) is 17.4 Å². The molecule has 1 aromatic carbocycles. The standard InChI is InChI=1S/C20H23N5O/c1-15-5-4-6-17(13-15)22-16-8-11-24(12-9-16)20(26)23-18-14-21-25-10-3-2-7-19(18)25/h2-7,10,13-14,16,22H,8-9,11-12H2,1H3,(H,23,26). The number of benzene rings is 1. The maximum Gasteiger partial charge on any atom is 0.321 e. The lowest BCUT2D eigenvalue weighted by molar-refractivity contribution is 0.197. The first kappa shape index (κ1) is 16.4. The Labute approximate surface area is 152 Å². The van der Waals surface area contributed by atoms with E-state index >= 15 is 0 Å². The number of nitrogens with one attached hydrogen (secondary N) is 2. The zero-order chi connectivity index (χ0) is 17.9. The fraction of sp³-hybridized carbons (Fsp3) is 0.300. The molecule has 2 N–H and O–H groups in total. The van der Waals surface area contributed by atoms with Gasteiger partial charge >= 0.3 is 6.03 Å². The Bertz CT molecular complexity index is 911. The average Bonchev–Trinajstić information content (AvgIpc) is 3.05. The maximum atomic E-state index is 12.6. The van der Waals surface area contributed by atoms with Crippen molar-refractivity contribution < 1.29 is 4.79 Å². The summed E-state index contributed by atoms with van der Waals surface area (Å²) in [6, 6.07) is 14.6. The summed E-state index contributed by atoms with van der Waals surface area (Å²) in [4.78, 5) is 14.5. The lowest BCUT2D eigenvalue weighted by Crippen LogP contribution is -2.44. The third-order valence-corrected chi connectivity index (χ3v) is 4.84. The highest BCUT2D eigenvalue weighted by Crippen LogP contribution is 2.20. The summed E-state index contributed by atoms with van der Waals surface area (Å²) < 4.78 is 1.76. The van der Waals surface area contributed by atoms with E-state index in [1.54, 1.807) is 10.7 Å². The first-order chi connectivity index (χ1) is 12.7. The van der Waals surface area contributed by atoms with Crippen LogP contribution < -0.4 is 10.6 Å². The van der Waals surface area contributed by atoms with Crippen molar-refractivity contribution in [2.24, 2.45) is 0 Å². The number of aryl methyl sites for hydroxylation is 1. The minimum atomic E-state index is -0.0576. The van der Waals surface area contributed by atoms with E-state index in [0.29, 0.717) is 6.04 Å². The summed E-state index contributed by atoms with van der Waals surface area (Å²) in [5.74, 6) is 0. The second kappa shape index (κ2) is 7.07. The van der Waals surface area contributed by atoms with Gasteiger partial charge < -0.3 is 15.5 Å². The molecule has 1 saturated heterocycles. The van der Waals surface area contributed by atoms with E-state index in [9.17, 15) is 4.79 Å². The molecule has 0 unspecified atom stereocenters. The van der Waals surface area contributed by atoms with Gasteiger partial charge in [-0.2, -0.15) is 5.10 Å². The van der Waals surface area contributed by atoms with Crippen molar-refractivity contribution in [3.8, 4) is 0 Å². The van der Waals surface area contributed by atoms with Crippen LogP contribution in [0.25, 0.3) is 5.52 Å². The van der Waals surface area contributed by atoms with Crippen LogP contribution in [0.5, 0.6) is 0 Å². The third-order valence-electron chi connectivity index (χ3n) is 4.84. The summed E-state index contributed by atoms with van der Waals surface area (Å²) in [6.45, 7) is 3.58. The van der Waals surface area contributed by atoms with Gasteiger partial charge in [-0.1, -0.05) is 18.2 Å². The number of hydrogen-bond donors (Lipinski definition) is 2. The van der Waals surface area contributed by atoms with Crippen molar-refractivity contribution in [2.45, 2.75) is 25.8 Å². The lowest BCUT2D eigenvalue weighted by Gasteiger charge is -2.32. The van der Waals surface area contributed by atoms with Crippen molar-refractivity contribution in [1.82, 2.24) is 14.5 Å². The minimum Gasteiger partial charge on any atom is -0.382 e. The van der Waals surface area contributed by atoms with Crippen molar-refractivity contribution in [3.05, 3.63) is 60.4 Å². The molecule has 0 spiro atoms. The molecule has 6 heteroatoms. The van der Waals surface area contributed by atoms with Gasteiger partial charge in [0.2, 0.25) is 0 Å². The number of hydrogen-bond acceptors (Lipinski definition) is 3. The molecule has 2 amide bonds. The van der Waals surface area contributed by atoms with Crippen LogP contribution in [-0.4, -0.2) is 39.7 Å². The van der Waals surface area contributed by atoms with Gasteiger partial charge in [-0.15, -0.1) is 0 Å². The number of pyridine rings is 1. The van der Waals surface area contributed by atoms with Crippen molar-refractivity contribution >= 4 is 22.9 Å². The quantitative estimate of drug-likeness (QED) is 0.757. The van der Waals surface area contributed by atoms with Crippen molar-refractivity contribution in [2.75, 3.05) is 23.7 Å². The Morgan fingerprint density at radius 1 is 1.15 bits per heavy atom. The number of aromatic nitrogens is 2. The molecule has 1 fully saturated rings. The van der Waals surface area contributed by atoms with E-state index in [1.807, 2.05) is 29.3 Å². The first-order valence-corrected chi connectivity index (χ1v) is 9.00. The highest BCUT2D eigenvalue weighted by atomic mass is 16.2. The van der Waals surface area contributed by atoms with E-state index in [-0.39, 0.29) is 6.03 Å².